The van der Waals surface area contributed by atoms with E-state index in [0.29, 0.717) is 23.6 Å². The van der Waals surface area contributed by atoms with Crippen LogP contribution in [0.2, 0.25) is 0 Å². The highest BCUT2D eigenvalue weighted by molar-refractivity contribution is 5.67. The number of fused-ring (bicyclic) bond motifs is 1. The Hall–Kier alpha value is -1.73. The number of rotatable bonds is 3. The van der Waals surface area contributed by atoms with Gasteiger partial charge in [0.25, 0.3) is 0 Å². The standard InChI is InChI=1S/C16H20N2O2/c1-16(2)14(11-7-8-20-15(11)16)18-13-10(9-17)5-4-6-12(13)19-3/h4-6,11,14-15,18H,7-8H2,1-3H3. The molecule has 0 aromatic heterocycles. The number of benzene rings is 1. The fraction of sp³-hybridized carbons (Fsp3) is 0.562. The van der Waals surface area contributed by atoms with Gasteiger partial charge in [-0.15, -0.1) is 0 Å². The van der Waals surface area contributed by atoms with Crippen LogP contribution in [0.3, 0.4) is 0 Å². The molecule has 0 radical (unpaired) electrons. The van der Waals surface area contributed by atoms with Gasteiger partial charge in [-0.1, -0.05) is 19.9 Å². The summed E-state index contributed by atoms with van der Waals surface area (Å²) < 4.78 is 11.2. The summed E-state index contributed by atoms with van der Waals surface area (Å²) in [5.41, 5.74) is 1.51. The van der Waals surface area contributed by atoms with Crippen LogP contribution < -0.4 is 10.1 Å². The average molecular weight is 272 g/mol. The van der Waals surface area contributed by atoms with Gasteiger partial charge in [0.2, 0.25) is 0 Å². The Bertz CT molecular complexity index is 562. The number of hydrogen-bond acceptors (Lipinski definition) is 4. The maximum atomic E-state index is 9.29. The van der Waals surface area contributed by atoms with Gasteiger partial charge >= 0.3 is 0 Å². The number of nitriles is 1. The molecule has 1 saturated heterocycles. The monoisotopic (exact) mass is 272 g/mol. The van der Waals surface area contributed by atoms with Gasteiger partial charge in [-0.3, -0.25) is 0 Å². The van der Waals surface area contributed by atoms with Crippen molar-refractivity contribution in [3.63, 3.8) is 0 Å². The number of nitrogens with one attached hydrogen (secondary N) is 1. The number of anilines is 1. The molecule has 0 bridgehead atoms. The molecule has 106 valence electrons. The number of hydrogen-bond donors (Lipinski definition) is 1. The Morgan fingerprint density at radius 3 is 2.95 bits per heavy atom. The predicted molar refractivity (Wildman–Crippen MR) is 76.7 cm³/mol. The second kappa shape index (κ2) is 4.68. The van der Waals surface area contributed by atoms with Gasteiger partial charge in [-0.25, -0.2) is 0 Å². The average Bonchev–Trinajstić information content (AvgIpc) is 2.91. The lowest BCUT2D eigenvalue weighted by Gasteiger charge is -2.55. The van der Waals surface area contributed by atoms with Gasteiger partial charge in [-0.05, 0) is 18.6 Å². The van der Waals surface area contributed by atoms with Gasteiger partial charge < -0.3 is 14.8 Å². The highest BCUT2D eigenvalue weighted by Gasteiger charge is 2.59. The molecule has 3 atom stereocenters. The number of methoxy groups -OCH3 is 1. The van der Waals surface area contributed by atoms with Crippen LogP contribution in [0.5, 0.6) is 5.75 Å². The Labute approximate surface area is 119 Å². The van der Waals surface area contributed by atoms with Crippen LogP contribution in [0.15, 0.2) is 18.2 Å². The van der Waals surface area contributed by atoms with Crippen molar-refractivity contribution in [3.8, 4) is 11.8 Å². The molecule has 3 rings (SSSR count). The minimum atomic E-state index is 0.0781. The molecule has 1 saturated carbocycles. The lowest BCUT2D eigenvalue weighted by molar-refractivity contribution is -0.0923. The van der Waals surface area contributed by atoms with Crippen LogP contribution in [0.4, 0.5) is 5.69 Å². The van der Waals surface area contributed by atoms with Crippen molar-refractivity contribution in [1.82, 2.24) is 0 Å². The van der Waals surface area contributed by atoms with Crippen LogP contribution in [0, 0.1) is 22.7 Å². The molecular weight excluding hydrogens is 252 g/mol. The second-order valence-corrected chi connectivity index (χ2v) is 6.18. The Morgan fingerprint density at radius 2 is 2.25 bits per heavy atom. The van der Waals surface area contributed by atoms with E-state index in [-0.39, 0.29) is 5.41 Å². The van der Waals surface area contributed by atoms with Crippen molar-refractivity contribution < 1.29 is 9.47 Å². The number of para-hydroxylation sites is 1. The van der Waals surface area contributed by atoms with Gasteiger partial charge in [0, 0.05) is 24.0 Å². The summed E-state index contributed by atoms with van der Waals surface area (Å²) in [7, 11) is 1.63. The van der Waals surface area contributed by atoms with E-state index in [1.165, 1.54) is 0 Å². The molecule has 2 fully saturated rings. The summed E-state index contributed by atoms with van der Waals surface area (Å²) in [4.78, 5) is 0. The summed E-state index contributed by atoms with van der Waals surface area (Å²) in [5, 5.41) is 12.8. The number of nitrogens with zero attached hydrogens (tertiary/aromatic N) is 1. The zero-order valence-electron chi connectivity index (χ0n) is 12.1. The van der Waals surface area contributed by atoms with E-state index in [9.17, 15) is 5.26 Å². The molecule has 20 heavy (non-hydrogen) atoms. The fourth-order valence-corrected chi connectivity index (χ4v) is 3.72. The minimum absolute atomic E-state index is 0.0781. The van der Waals surface area contributed by atoms with Crippen LogP contribution in [-0.2, 0) is 4.74 Å². The molecule has 1 heterocycles. The molecule has 4 heteroatoms. The summed E-state index contributed by atoms with van der Waals surface area (Å²) in [5.74, 6) is 1.25. The number of ether oxygens (including phenoxy) is 2. The van der Waals surface area contributed by atoms with Crippen LogP contribution in [-0.4, -0.2) is 25.9 Å². The van der Waals surface area contributed by atoms with E-state index < -0.39 is 0 Å². The molecule has 1 aliphatic heterocycles. The Kier molecular flexibility index (Phi) is 3.10. The van der Waals surface area contributed by atoms with Gasteiger partial charge in [0.1, 0.15) is 11.8 Å². The first-order valence-electron chi connectivity index (χ1n) is 7.05. The van der Waals surface area contributed by atoms with E-state index in [1.54, 1.807) is 7.11 Å². The van der Waals surface area contributed by atoms with E-state index in [0.717, 1.165) is 24.5 Å². The summed E-state index contributed by atoms with van der Waals surface area (Å²) in [6, 6.07) is 8.10. The van der Waals surface area contributed by atoms with Crippen molar-refractivity contribution in [2.75, 3.05) is 19.0 Å². The first-order valence-corrected chi connectivity index (χ1v) is 7.05. The largest absolute Gasteiger partial charge is 0.495 e. The van der Waals surface area contributed by atoms with Crippen molar-refractivity contribution >= 4 is 5.69 Å². The van der Waals surface area contributed by atoms with Crippen molar-refractivity contribution in [3.05, 3.63) is 23.8 Å². The minimum Gasteiger partial charge on any atom is -0.495 e. The topological polar surface area (TPSA) is 54.3 Å². The highest BCUT2D eigenvalue weighted by atomic mass is 16.5. The Morgan fingerprint density at radius 1 is 1.45 bits per heavy atom. The fourth-order valence-electron chi connectivity index (χ4n) is 3.72. The summed E-state index contributed by atoms with van der Waals surface area (Å²) in [6.45, 7) is 5.28. The second-order valence-electron chi connectivity index (χ2n) is 6.18. The third-order valence-electron chi connectivity index (χ3n) is 4.77. The first-order chi connectivity index (χ1) is 9.59. The van der Waals surface area contributed by atoms with Crippen LogP contribution >= 0.6 is 0 Å². The predicted octanol–water partition coefficient (Wildman–Crippen LogP) is 2.79. The van der Waals surface area contributed by atoms with Gasteiger partial charge in [0.05, 0.1) is 24.5 Å². The molecule has 2 aliphatic rings. The van der Waals surface area contributed by atoms with E-state index >= 15 is 0 Å². The lowest BCUT2D eigenvalue weighted by Crippen LogP contribution is -2.63. The zero-order valence-corrected chi connectivity index (χ0v) is 12.1. The molecule has 1 aliphatic carbocycles. The van der Waals surface area contributed by atoms with E-state index in [4.69, 9.17) is 9.47 Å². The van der Waals surface area contributed by atoms with Crippen molar-refractivity contribution in [1.29, 1.82) is 5.26 Å². The maximum absolute atomic E-state index is 9.29. The maximum Gasteiger partial charge on any atom is 0.143 e. The first kappa shape index (κ1) is 13.3. The van der Waals surface area contributed by atoms with Gasteiger partial charge in [0.15, 0.2) is 0 Å². The molecule has 4 nitrogen and oxygen atoms in total. The quantitative estimate of drug-likeness (QED) is 0.919. The molecule has 1 aromatic rings. The summed E-state index contributed by atoms with van der Waals surface area (Å²) >= 11 is 0. The van der Waals surface area contributed by atoms with Gasteiger partial charge in [-0.2, -0.15) is 5.26 Å². The van der Waals surface area contributed by atoms with E-state index in [2.05, 4.69) is 25.2 Å². The third kappa shape index (κ3) is 1.77. The van der Waals surface area contributed by atoms with Crippen LogP contribution in [0.25, 0.3) is 0 Å². The molecule has 3 unspecified atom stereocenters. The SMILES string of the molecule is COc1cccc(C#N)c1NC1C2CCOC2C1(C)C. The normalized spacial score (nSPS) is 30.0. The molecule has 1 aromatic carbocycles. The summed E-state index contributed by atoms with van der Waals surface area (Å²) in [6.07, 6.45) is 1.42. The highest BCUT2D eigenvalue weighted by Crippen LogP contribution is 2.53. The van der Waals surface area contributed by atoms with Crippen LogP contribution in [0.1, 0.15) is 25.8 Å². The Balaban J connectivity index is 1.90. The smallest absolute Gasteiger partial charge is 0.143 e. The van der Waals surface area contributed by atoms with Crippen molar-refractivity contribution in [2.45, 2.75) is 32.4 Å². The molecular formula is C16H20N2O2. The van der Waals surface area contributed by atoms with E-state index in [1.807, 2.05) is 18.2 Å². The lowest BCUT2D eigenvalue weighted by atomic mass is 9.57. The zero-order chi connectivity index (χ0) is 14.3. The van der Waals surface area contributed by atoms with Crippen molar-refractivity contribution in [2.24, 2.45) is 11.3 Å². The molecule has 1 N–H and O–H groups in total. The third-order valence-corrected chi connectivity index (χ3v) is 4.77. The molecule has 0 spiro atoms. The molecule has 0 amide bonds.